The van der Waals surface area contributed by atoms with E-state index in [2.05, 4.69) is 59.0 Å². The summed E-state index contributed by atoms with van der Waals surface area (Å²) in [5.41, 5.74) is 11.2. The number of methoxy groups -OCH3 is 1. The molecule has 6 aliphatic rings. The van der Waals surface area contributed by atoms with Crippen molar-refractivity contribution in [1.82, 2.24) is 5.32 Å². The Hall–Kier alpha value is 0.639. The average molecular weight is 998 g/mol. The molecule has 1 radical (unpaired) electrons. The minimum absolute atomic E-state index is 0. The molecule has 1 aliphatic carbocycles. The molecule has 13 heteroatoms. The van der Waals surface area contributed by atoms with Gasteiger partial charge in [0.2, 0.25) is 0 Å². The number of nitrogens with one attached hydrogen (secondary N) is 1. The summed E-state index contributed by atoms with van der Waals surface area (Å²) in [6.45, 7) is 19.6. The largest absolute Gasteiger partial charge is 2.00 e. The van der Waals surface area contributed by atoms with Gasteiger partial charge in [0.1, 0.15) is 11.7 Å². The summed E-state index contributed by atoms with van der Waals surface area (Å²) in [6.07, 6.45) is 24.3. The second-order valence-corrected chi connectivity index (χ2v) is 18.5. The van der Waals surface area contributed by atoms with Crippen molar-refractivity contribution < 1.29 is 195 Å². The van der Waals surface area contributed by atoms with Gasteiger partial charge in [-0.2, -0.15) is 0 Å². The van der Waals surface area contributed by atoms with Crippen LogP contribution in [0.15, 0.2) is 119 Å². The van der Waals surface area contributed by atoms with Gasteiger partial charge in [0.15, 0.2) is 0 Å². The van der Waals surface area contributed by atoms with Crippen LogP contribution in [0.2, 0.25) is 0 Å². The van der Waals surface area contributed by atoms with Gasteiger partial charge in [-0.3, -0.25) is 9.59 Å². The molecule has 331 valence electrons. The number of aliphatic imine (C=N–C) groups is 3. The molecule has 5 aliphatic heterocycles. The third-order valence-corrected chi connectivity index (χ3v) is 13.1. The third kappa shape index (κ3) is 15.3. The zero-order valence-electron chi connectivity index (χ0n) is 41.1. The molecule has 6 rings (SSSR count). The Kier molecular flexibility index (Phi) is 27.0. The van der Waals surface area contributed by atoms with Crippen LogP contribution >= 0.6 is 0 Å². The summed E-state index contributed by atoms with van der Waals surface area (Å²) in [5, 5.41) is 15.5. The van der Waals surface area contributed by atoms with Gasteiger partial charge < -0.3 is 19.9 Å². The van der Waals surface area contributed by atoms with E-state index in [-0.39, 0.29) is 201 Å². The molecule has 0 aromatic carbocycles. The summed E-state index contributed by atoms with van der Waals surface area (Å²) in [6, 6.07) is 0. The number of nitrogens with zero attached hydrogens (tertiary/aromatic N) is 3. The van der Waals surface area contributed by atoms with Crippen LogP contribution in [0.25, 0.3) is 0 Å². The number of aliphatic hydroxyl groups is 1. The Morgan fingerprint density at radius 3 is 2.11 bits per heavy atom. The van der Waals surface area contributed by atoms with Gasteiger partial charge in [-0.1, -0.05) is 86.5 Å². The number of rotatable bonds is 18. The minimum Gasteiger partial charge on any atom is -0.510 e. The number of ether oxygens (including phenoxy) is 2. The molecule has 2 N–H and O–H groups in total. The average Bonchev–Trinajstić information content (AvgIpc) is 3.98. The molecule has 5 atom stereocenters. The van der Waals surface area contributed by atoms with E-state index in [1.165, 1.54) is 52.1 Å². The molecular weight excluding hydrogens is 929 g/mol. The zero-order chi connectivity index (χ0) is 43.2. The first kappa shape index (κ1) is 60.8. The Morgan fingerprint density at radius 1 is 0.844 bits per heavy atom. The molecule has 0 saturated carbocycles. The normalized spacial score (nSPS) is 21.7. The van der Waals surface area contributed by atoms with Crippen LogP contribution in [0.3, 0.4) is 0 Å². The number of aliphatic hydroxyl groups excluding tert-OH is 1. The number of hydrogen-bond acceptors (Lipinski definition) is 9. The summed E-state index contributed by atoms with van der Waals surface area (Å²) in [5.74, 6) is -0.0105. The fraction of sp³-hybridized carbons (Fsp3) is 0.549. The number of fused-ring (bicyclic) bond motifs is 5. The van der Waals surface area contributed by atoms with Gasteiger partial charge in [0.25, 0.3) is 0 Å². The standard InChI is InChI=1S/C51H68N4O5.Cu.3K/c1-11-36-24-38-25-40-33(7)23-37(52-40)26-41-34(8)39(21-22-44(56)60-28-32(6)20-14-19-31(5)18-13-17-30(4)16-12-15-29(2)3)48(54-41)46-47(51(58)59-10)50(57)45-35(9)42(55-49(45)46)27-43(36)53-38;;;;/h23-31,34,39,47,54,57H,11-22H2,1-10H3;;;;/q;+2;3*+1/b32-28+,40-25?,41-26?,43-27?,48-46?;;;;/t30?,31?,34-,39-,47?;;;;/m0..../s1. The number of hydrogen-bond donors (Lipinski definition) is 2. The molecule has 5 heterocycles. The van der Waals surface area contributed by atoms with Gasteiger partial charge in [-0.25, -0.2) is 15.0 Å². The van der Waals surface area contributed by atoms with Crippen molar-refractivity contribution in [3.63, 3.8) is 0 Å². The van der Waals surface area contributed by atoms with Crippen LogP contribution in [0.5, 0.6) is 0 Å². The van der Waals surface area contributed by atoms with Gasteiger partial charge in [-0.05, 0) is 117 Å². The topological polar surface area (TPSA) is 122 Å². The Labute approximate surface area is 522 Å². The maximum atomic E-state index is 13.5. The second kappa shape index (κ2) is 28.5. The van der Waals surface area contributed by atoms with E-state index in [9.17, 15) is 14.7 Å². The number of esters is 2. The molecule has 8 bridgehead atoms. The van der Waals surface area contributed by atoms with E-state index in [1.807, 2.05) is 39.0 Å². The fourth-order valence-electron chi connectivity index (χ4n) is 9.37. The SMILES string of the molecule is CCC1=CC2=NC1=CC1=C(C)C3=C(O)C(C(=O)OC)C(=C4NC(=CC5=NC(=C2)C(C)=C5)[C@@H](C)[C@@H]4CCC(=O)O/C=C(\C)CCCC(C)CCCC(C)CCCC(C)C)C3=N1.[Cu+2].[K+].[K+].[K+]. The van der Waals surface area contributed by atoms with Crippen molar-refractivity contribution in [3.8, 4) is 0 Å². The van der Waals surface area contributed by atoms with Crippen LogP contribution < -0.4 is 159 Å². The van der Waals surface area contributed by atoms with E-state index in [0.717, 1.165) is 87.6 Å². The van der Waals surface area contributed by atoms with E-state index in [1.54, 1.807) is 6.26 Å². The van der Waals surface area contributed by atoms with Crippen LogP contribution in [-0.2, 0) is 36.1 Å². The first-order valence-electron chi connectivity index (χ1n) is 22.6. The number of carbonyl (C=O) groups excluding carboxylic acids is 2. The van der Waals surface area contributed by atoms with Crippen LogP contribution in [0.1, 0.15) is 139 Å². The Balaban J connectivity index is 0.00000352. The summed E-state index contributed by atoms with van der Waals surface area (Å²) in [4.78, 5) is 41.9. The summed E-state index contributed by atoms with van der Waals surface area (Å²) >= 11 is 0. The van der Waals surface area contributed by atoms with Crippen molar-refractivity contribution >= 4 is 29.1 Å². The molecule has 0 amide bonds. The van der Waals surface area contributed by atoms with Crippen LogP contribution in [0.4, 0.5) is 0 Å². The smallest absolute Gasteiger partial charge is 0.510 e. The van der Waals surface area contributed by atoms with E-state index < -0.39 is 11.9 Å². The van der Waals surface area contributed by atoms with Gasteiger partial charge in [0.05, 0.1) is 47.6 Å². The first-order chi connectivity index (χ1) is 28.7. The molecule has 1 fully saturated rings. The first-order valence-corrected chi connectivity index (χ1v) is 22.6. The predicted octanol–water partition coefficient (Wildman–Crippen LogP) is 2.97. The quantitative estimate of drug-likeness (QED) is 0.124. The molecule has 64 heavy (non-hydrogen) atoms. The van der Waals surface area contributed by atoms with Gasteiger partial charge in [0, 0.05) is 40.8 Å². The van der Waals surface area contributed by atoms with Gasteiger partial charge >= 0.3 is 183 Å². The zero-order valence-corrected chi connectivity index (χ0v) is 51.4. The third-order valence-electron chi connectivity index (χ3n) is 13.1. The van der Waals surface area contributed by atoms with Crippen molar-refractivity contribution in [2.75, 3.05) is 7.11 Å². The van der Waals surface area contributed by atoms with Gasteiger partial charge in [-0.15, -0.1) is 0 Å². The fourth-order valence-corrected chi connectivity index (χ4v) is 9.37. The van der Waals surface area contributed by atoms with Crippen molar-refractivity contribution in [3.05, 3.63) is 104 Å². The molecule has 1 saturated heterocycles. The van der Waals surface area contributed by atoms with Crippen LogP contribution in [0, 0.1) is 35.5 Å². The molecule has 0 aromatic rings. The van der Waals surface area contributed by atoms with E-state index in [0.29, 0.717) is 34.9 Å². The maximum Gasteiger partial charge on any atom is 2.00 e. The second-order valence-electron chi connectivity index (χ2n) is 18.5. The number of allylic oxidation sites excluding steroid dienone is 12. The number of carbonyl (C=O) groups is 2. The maximum absolute atomic E-state index is 13.5. The van der Waals surface area contributed by atoms with E-state index >= 15 is 0 Å². The molecule has 3 unspecified atom stereocenters. The summed E-state index contributed by atoms with van der Waals surface area (Å²) < 4.78 is 11.0. The predicted molar refractivity (Wildman–Crippen MR) is 243 cm³/mol. The Bertz CT molecular complexity index is 2150. The van der Waals surface area contributed by atoms with Crippen molar-refractivity contribution in [2.24, 2.45) is 50.5 Å². The van der Waals surface area contributed by atoms with Crippen molar-refractivity contribution in [1.29, 1.82) is 0 Å². The molecule has 0 spiro atoms. The minimum atomic E-state index is -1.06. The Morgan fingerprint density at radius 2 is 1.47 bits per heavy atom. The monoisotopic (exact) mass is 996 g/mol. The van der Waals surface area contributed by atoms with E-state index in [4.69, 9.17) is 24.5 Å². The summed E-state index contributed by atoms with van der Waals surface area (Å²) in [7, 11) is 1.33. The van der Waals surface area contributed by atoms with Crippen molar-refractivity contribution in [2.45, 2.75) is 139 Å². The molecular formula is C51H68CuK3N4O5+5. The van der Waals surface area contributed by atoms with Crippen LogP contribution in [-0.4, -0.2) is 41.3 Å². The molecule has 9 nitrogen and oxygen atoms in total. The molecule has 0 aromatic heterocycles.